The first kappa shape index (κ1) is 13.6. The number of anilines is 1. The summed E-state index contributed by atoms with van der Waals surface area (Å²) in [5.74, 6) is 0.357. The van der Waals surface area contributed by atoms with E-state index in [4.69, 9.17) is 4.74 Å². The topological polar surface area (TPSA) is 58.6 Å². The van der Waals surface area contributed by atoms with Crippen LogP contribution in [-0.2, 0) is 14.9 Å². The third-order valence-corrected chi connectivity index (χ3v) is 4.63. The van der Waals surface area contributed by atoms with Gasteiger partial charge in [0, 0.05) is 12.3 Å². The lowest BCUT2D eigenvalue weighted by Crippen LogP contribution is -2.27. The summed E-state index contributed by atoms with van der Waals surface area (Å²) in [4.78, 5) is 11.9. The molecule has 1 fully saturated rings. The molecular weight excluding hydrogens is 254 g/mol. The van der Waals surface area contributed by atoms with Crippen LogP contribution in [0, 0.1) is 5.92 Å². The highest BCUT2D eigenvalue weighted by Gasteiger charge is 2.39. The van der Waals surface area contributed by atoms with Gasteiger partial charge in [-0.25, -0.2) is 0 Å². The van der Waals surface area contributed by atoms with Gasteiger partial charge in [0.05, 0.1) is 11.5 Å². The Labute approximate surface area is 119 Å². The maximum absolute atomic E-state index is 11.9. The van der Waals surface area contributed by atoms with Crippen LogP contribution in [0.25, 0.3) is 0 Å². The van der Waals surface area contributed by atoms with Crippen molar-refractivity contribution in [3.63, 3.8) is 0 Å². The van der Waals surface area contributed by atoms with Crippen molar-refractivity contribution in [3.8, 4) is 0 Å². The minimum atomic E-state index is -0.635. The zero-order chi connectivity index (χ0) is 14.5. The Kier molecular flexibility index (Phi) is 3.10. The number of fused-ring (bicyclic) bond motifs is 1. The molecule has 0 saturated carbocycles. The Balaban J connectivity index is 1.94. The summed E-state index contributed by atoms with van der Waals surface area (Å²) < 4.78 is 5.64. The summed E-state index contributed by atoms with van der Waals surface area (Å²) >= 11 is 0. The average molecular weight is 275 g/mol. The monoisotopic (exact) mass is 275 g/mol. The van der Waals surface area contributed by atoms with Crippen molar-refractivity contribution in [2.75, 3.05) is 11.9 Å². The molecule has 2 N–H and O–H groups in total. The molecule has 0 radical (unpaired) electrons. The fourth-order valence-corrected chi connectivity index (χ4v) is 3.08. The third-order valence-electron chi connectivity index (χ3n) is 4.63. The lowest BCUT2D eigenvalue weighted by Gasteiger charge is -2.23. The average Bonchev–Trinajstić information content (AvgIpc) is 2.92. The normalized spacial score (nSPS) is 29.1. The summed E-state index contributed by atoms with van der Waals surface area (Å²) in [6.07, 6.45) is 0.198. The van der Waals surface area contributed by atoms with Gasteiger partial charge in [-0.05, 0) is 49.4 Å². The maximum Gasteiger partial charge on any atom is 0.234 e. The molecule has 2 heterocycles. The molecule has 108 valence electrons. The van der Waals surface area contributed by atoms with Crippen molar-refractivity contribution < 1.29 is 14.6 Å². The second-order valence-corrected chi connectivity index (χ2v) is 6.43. The third kappa shape index (κ3) is 1.95. The number of hydrogen-bond acceptors (Lipinski definition) is 3. The van der Waals surface area contributed by atoms with Crippen LogP contribution >= 0.6 is 0 Å². The zero-order valence-corrected chi connectivity index (χ0v) is 12.1. The van der Waals surface area contributed by atoms with Gasteiger partial charge in [-0.1, -0.05) is 13.0 Å². The predicted molar refractivity (Wildman–Crippen MR) is 76.6 cm³/mol. The highest BCUT2D eigenvalue weighted by Crippen LogP contribution is 2.40. The molecule has 3 atom stereocenters. The molecule has 3 rings (SSSR count). The van der Waals surface area contributed by atoms with Crippen LogP contribution in [-0.4, -0.2) is 23.7 Å². The lowest BCUT2D eigenvalue weighted by atomic mass is 9.84. The molecule has 0 bridgehead atoms. The van der Waals surface area contributed by atoms with E-state index in [-0.39, 0.29) is 12.0 Å². The number of hydrogen-bond donors (Lipinski definition) is 2. The predicted octanol–water partition coefficient (Wildman–Crippen LogP) is 2.37. The Morgan fingerprint density at radius 1 is 1.45 bits per heavy atom. The largest absolute Gasteiger partial charge is 0.386 e. The first-order valence-electron chi connectivity index (χ1n) is 7.17. The van der Waals surface area contributed by atoms with Crippen molar-refractivity contribution in [2.24, 2.45) is 5.92 Å². The quantitative estimate of drug-likeness (QED) is 0.871. The first-order valence-corrected chi connectivity index (χ1v) is 7.17. The molecule has 1 aromatic rings. The fourth-order valence-electron chi connectivity index (χ4n) is 3.08. The molecule has 4 nitrogen and oxygen atoms in total. The van der Waals surface area contributed by atoms with E-state index in [9.17, 15) is 9.90 Å². The minimum Gasteiger partial charge on any atom is -0.386 e. The number of carbonyl (C=O) groups excluding carboxylic acids is 1. The fraction of sp³-hybridized carbons (Fsp3) is 0.562. The van der Waals surface area contributed by atoms with Crippen LogP contribution in [0.3, 0.4) is 0 Å². The van der Waals surface area contributed by atoms with E-state index in [1.165, 1.54) is 0 Å². The van der Waals surface area contributed by atoms with Crippen molar-refractivity contribution in [1.29, 1.82) is 0 Å². The zero-order valence-electron chi connectivity index (χ0n) is 12.1. The number of aliphatic hydroxyl groups is 1. The van der Waals surface area contributed by atoms with Gasteiger partial charge in [-0.3, -0.25) is 4.79 Å². The van der Waals surface area contributed by atoms with E-state index >= 15 is 0 Å². The van der Waals surface area contributed by atoms with Gasteiger partial charge in [-0.2, -0.15) is 0 Å². The molecule has 3 unspecified atom stereocenters. The standard InChI is InChI=1S/C16H21NO3/c1-9-6-7-20-14(9)13(18)10-4-5-12-11(8-10)16(2,3)15(19)17-12/h4-5,8-9,13-14,18H,6-7H2,1-3H3,(H,17,19). The van der Waals surface area contributed by atoms with Gasteiger partial charge in [0.25, 0.3) is 0 Å². The lowest BCUT2D eigenvalue weighted by molar-refractivity contribution is -0.119. The summed E-state index contributed by atoms with van der Waals surface area (Å²) in [5.41, 5.74) is 2.07. The Hall–Kier alpha value is -1.39. The molecule has 20 heavy (non-hydrogen) atoms. The minimum absolute atomic E-state index is 0.00428. The van der Waals surface area contributed by atoms with Crippen LogP contribution in [0.2, 0.25) is 0 Å². The van der Waals surface area contributed by atoms with E-state index < -0.39 is 11.5 Å². The van der Waals surface area contributed by atoms with Crippen molar-refractivity contribution in [2.45, 2.75) is 44.8 Å². The summed E-state index contributed by atoms with van der Waals surface area (Å²) in [6.45, 7) is 6.61. The number of carbonyl (C=O) groups is 1. The Bertz CT molecular complexity index is 553. The summed E-state index contributed by atoms with van der Waals surface area (Å²) in [6, 6.07) is 5.69. The first-order chi connectivity index (χ1) is 9.41. The van der Waals surface area contributed by atoms with Crippen molar-refractivity contribution >= 4 is 11.6 Å². The molecule has 2 aliphatic heterocycles. The van der Waals surface area contributed by atoms with Crippen molar-refractivity contribution in [3.05, 3.63) is 29.3 Å². The van der Waals surface area contributed by atoms with Crippen LogP contribution < -0.4 is 5.32 Å². The number of amides is 1. The second kappa shape index (κ2) is 4.57. The van der Waals surface area contributed by atoms with Crippen molar-refractivity contribution in [1.82, 2.24) is 0 Å². The van der Waals surface area contributed by atoms with E-state index in [2.05, 4.69) is 12.2 Å². The van der Waals surface area contributed by atoms with Crippen LogP contribution in [0.15, 0.2) is 18.2 Å². The highest BCUT2D eigenvalue weighted by atomic mass is 16.5. The Morgan fingerprint density at radius 2 is 2.20 bits per heavy atom. The van der Waals surface area contributed by atoms with Gasteiger partial charge in [0.15, 0.2) is 0 Å². The highest BCUT2D eigenvalue weighted by molar-refractivity contribution is 6.05. The number of aliphatic hydroxyl groups excluding tert-OH is 1. The number of benzene rings is 1. The molecule has 0 spiro atoms. The Morgan fingerprint density at radius 3 is 2.85 bits per heavy atom. The van der Waals surface area contributed by atoms with Gasteiger partial charge >= 0.3 is 0 Å². The molecule has 4 heteroatoms. The van der Waals surface area contributed by atoms with E-state index in [1.54, 1.807) is 0 Å². The number of ether oxygens (including phenoxy) is 1. The number of rotatable bonds is 2. The van der Waals surface area contributed by atoms with Gasteiger partial charge in [0.1, 0.15) is 6.10 Å². The smallest absolute Gasteiger partial charge is 0.234 e. The van der Waals surface area contributed by atoms with Gasteiger partial charge in [0.2, 0.25) is 5.91 Å². The molecule has 2 aliphatic rings. The van der Waals surface area contributed by atoms with Crippen LogP contribution in [0.5, 0.6) is 0 Å². The van der Waals surface area contributed by atoms with Gasteiger partial charge in [-0.15, -0.1) is 0 Å². The molecular formula is C16H21NO3. The van der Waals surface area contributed by atoms with Crippen LogP contribution in [0.4, 0.5) is 5.69 Å². The van der Waals surface area contributed by atoms with E-state index in [1.807, 2.05) is 32.0 Å². The van der Waals surface area contributed by atoms with Gasteiger partial charge < -0.3 is 15.2 Å². The number of nitrogens with one attached hydrogen (secondary N) is 1. The van der Waals surface area contributed by atoms with Crippen LogP contribution in [0.1, 0.15) is 44.4 Å². The molecule has 0 aromatic heterocycles. The SMILES string of the molecule is CC1CCOC1C(O)c1ccc2c(c1)C(C)(C)C(=O)N2. The molecule has 1 saturated heterocycles. The summed E-state index contributed by atoms with van der Waals surface area (Å²) in [7, 11) is 0. The molecule has 0 aliphatic carbocycles. The summed E-state index contributed by atoms with van der Waals surface area (Å²) in [5, 5.41) is 13.4. The second-order valence-electron chi connectivity index (χ2n) is 6.43. The maximum atomic E-state index is 11.9. The molecule has 1 aromatic carbocycles. The molecule has 1 amide bonds. The van der Waals surface area contributed by atoms with E-state index in [0.29, 0.717) is 12.5 Å². The van der Waals surface area contributed by atoms with E-state index in [0.717, 1.165) is 23.2 Å².